The molecule has 3 heteroatoms. The third-order valence-electron chi connectivity index (χ3n) is 3.75. The number of para-hydroxylation sites is 1. The van der Waals surface area contributed by atoms with Crippen LogP contribution >= 0.6 is 0 Å². The Bertz CT molecular complexity index is 583. The molecule has 3 rings (SSSR count). The van der Waals surface area contributed by atoms with Crippen LogP contribution in [0.15, 0.2) is 48.5 Å². The minimum absolute atomic E-state index is 0.300. The van der Waals surface area contributed by atoms with E-state index < -0.39 is 0 Å². The summed E-state index contributed by atoms with van der Waals surface area (Å²) < 4.78 is 11.6. The van der Waals surface area contributed by atoms with Crippen LogP contribution in [0.3, 0.4) is 0 Å². The molecule has 0 saturated heterocycles. The summed E-state index contributed by atoms with van der Waals surface area (Å²) in [5.74, 6) is 1.75. The first-order valence-corrected chi connectivity index (χ1v) is 7.50. The molecule has 1 aliphatic rings. The monoisotopic (exact) mass is 283 g/mol. The molecule has 2 aromatic carbocycles. The predicted octanol–water partition coefficient (Wildman–Crippen LogP) is 3.70. The lowest BCUT2D eigenvalue weighted by Gasteiger charge is -2.17. The van der Waals surface area contributed by atoms with Gasteiger partial charge in [0.15, 0.2) is 11.5 Å². The van der Waals surface area contributed by atoms with Crippen molar-refractivity contribution in [3.63, 3.8) is 0 Å². The van der Waals surface area contributed by atoms with Crippen LogP contribution in [0, 0.1) is 0 Å². The van der Waals surface area contributed by atoms with Crippen molar-refractivity contribution in [2.24, 2.45) is 0 Å². The van der Waals surface area contributed by atoms with E-state index in [4.69, 9.17) is 9.47 Å². The Labute approximate surface area is 125 Å². The molecule has 1 heterocycles. The van der Waals surface area contributed by atoms with Gasteiger partial charge in [0, 0.05) is 24.6 Å². The normalized spacial score (nSPS) is 15.3. The number of rotatable bonds is 4. The van der Waals surface area contributed by atoms with Crippen LogP contribution in [-0.2, 0) is 6.54 Å². The second kappa shape index (κ2) is 6.64. The zero-order valence-corrected chi connectivity index (χ0v) is 12.3. The summed E-state index contributed by atoms with van der Waals surface area (Å²) in [6, 6.07) is 16.9. The first-order chi connectivity index (χ1) is 10.3. The second-order valence-corrected chi connectivity index (χ2v) is 5.31. The summed E-state index contributed by atoms with van der Waals surface area (Å²) in [4.78, 5) is 0. The zero-order valence-electron chi connectivity index (χ0n) is 12.3. The number of hydrogen-bond acceptors (Lipinski definition) is 3. The minimum Gasteiger partial charge on any atom is -0.490 e. The van der Waals surface area contributed by atoms with Crippen LogP contribution in [-0.4, -0.2) is 13.2 Å². The average molecular weight is 283 g/mol. The highest BCUT2D eigenvalue weighted by Crippen LogP contribution is 2.33. The summed E-state index contributed by atoms with van der Waals surface area (Å²) >= 11 is 0. The number of ether oxygens (including phenoxy) is 2. The van der Waals surface area contributed by atoms with Crippen LogP contribution in [0.4, 0.5) is 0 Å². The highest BCUT2D eigenvalue weighted by molar-refractivity contribution is 5.47. The molecule has 21 heavy (non-hydrogen) atoms. The zero-order chi connectivity index (χ0) is 14.5. The Morgan fingerprint density at radius 2 is 1.81 bits per heavy atom. The van der Waals surface area contributed by atoms with Crippen LogP contribution in [0.5, 0.6) is 11.5 Å². The second-order valence-electron chi connectivity index (χ2n) is 5.31. The molecule has 0 unspecified atom stereocenters. The summed E-state index contributed by atoms with van der Waals surface area (Å²) in [5.41, 5.74) is 2.44. The fraction of sp³-hybridized carbons (Fsp3) is 0.333. The molecule has 110 valence electrons. The van der Waals surface area contributed by atoms with Gasteiger partial charge in [-0.05, 0) is 18.6 Å². The molecule has 0 radical (unpaired) electrons. The molecule has 0 amide bonds. The van der Waals surface area contributed by atoms with Gasteiger partial charge in [0.2, 0.25) is 0 Å². The van der Waals surface area contributed by atoms with Gasteiger partial charge in [-0.15, -0.1) is 0 Å². The average Bonchev–Trinajstić information content (AvgIpc) is 2.79. The van der Waals surface area contributed by atoms with Crippen molar-refractivity contribution >= 4 is 0 Å². The van der Waals surface area contributed by atoms with Crippen molar-refractivity contribution in [2.45, 2.75) is 25.9 Å². The topological polar surface area (TPSA) is 30.5 Å². The SMILES string of the molecule is C[C@@H](NCc1cccc2c1OCCCO2)c1ccccc1. The van der Waals surface area contributed by atoms with Gasteiger partial charge in [-0.3, -0.25) is 0 Å². The Kier molecular flexibility index (Phi) is 4.41. The number of benzene rings is 2. The van der Waals surface area contributed by atoms with Crippen LogP contribution in [0.25, 0.3) is 0 Å². The van der Waals surface area contributed by atoms with E-state index in [2.05, 4.69) is 42.6 Å². The smallest absolute Gasteiger partial charge is 0.165 e. The molecule has 0 saturated carbocycles. The maximum Gasteiger partial charge on any atom is 0.165 e. The molecular formula is C18H21NO2. The van der Waals surface area contributed by atoms with Gasteiger partial charge in [-0.1, -0.05) is 42.5 Å². The standard InChI is InChI=1S/C18H21NO2/c1-14(15-7-3-2-4-8-15)19-13-16-9-5-10-17-18(16)21-12-6-11-20-17/h2-5,7-10,14,19H,6,11-13H2,1H3/t14-/m1/s1. The van der Waals surface area contributed by atoms with Crippen molar-refractivity contribution in [1.29, 1.82) is 0 Å². The third-order valence-corrected chi connectivity index (χ3v) is 3.75. The predicted molar refractivity (Wildman–Crippen MR) is 83.7 cm³/mol. The van der Waals surface area contributed by atoms with Gasteiger partial charge in [0.05, 0.1) is 13.2 Å². The molecule has 0 bridgehead atoms. The van der Waals surface area contributed by atoms with E-state index in [9.17, 15) is 0 Å². The van der Waals surface area contributed by atoms with Gasteiger partial charge < -0.3 is 14.8 Å². The fourth-order valence-electron chi connectivity index (χ4n) is 2.52. The lowest BCUT2D eigenvalue weighted by molar-refractivity contribution is 0.295. The molecule has 1 aliphatic heterocycles. The number of nitrogens with one attached hydrogen (secondary N) is 1. The highest BCUT2D eigenvalue weighted by atomic mass is 16.5. The number of hydrogen-bond donors (Lipinski definition) is 1. The van der Waals surface area contributed by atoms with Crippen molar-refractivity contribution in [1.82, 2.24) is 5.32 Å². The van der Waals surface area contributed by atoms with Crippen molar-refractivity contribution in [3.8, 4) is 11.5 Å². The Morgan fingerprint density at radius 3 is 2.67 bits per heavy atom. The van der Waals surface area contributed by atoms with E-state index in [1.165, 1.54) is 5.56 Å². The Morgan fingerprint density at radius 1 is 1.00 bits per heavy atom. The van der Waals surface area contributed by atoms with E-state index >= 15 is 0 Å². The quantitative estimate of drug-likeness (QED) is 0.928. The van der Waals surface area contributed by atoms with E-state index in [-0.39, 0.29) is 0 Å². The summed E-state index contributed by atoms with van der Waals surface area (Å²) in [5, 5.41) is 3.55. The molecule has 3 nitrogen and oxygen atoms in total. The molecule has 0 aliphatic carbocycles. The minimum atomic E-state index is 0.300. The van der Waals surface area contributed by atoms with E-state index in [1.807, 2.05) is 18.2 Å². The van der Waals surface area contributed by atoms with E-state index in [0.29, 0.717) is 6.04 Å². The molecule has 2 aromatic rings. The van der Waals surface area contributed by atoms with E-state index in [0.717, 1.165) is 43.2 Å². The Hall–Kier alpha value is -2.00. The maximum absolute atomic E-state index is 5.85. The maximum atomic E-state index is 5.85. The molecule has 0 spiro atoms. The van der Waals surface area contributed by atoms with Gasteiger partial charge in [-0.2, -0.15) is 0 Å². The third kappa shape index (κ3) is 3.37. The molecular weight excluding hydrogens is 262 g/mol. The Balaban J connectivity index is 1.71. The summed E-state index contributed by atoms with van der Waals surface area (Å²) in [7, 11) is 0. The highest BCUT2D eigenvalue weighted by Gasteiger charge is 2.15. The van der Waals surface area contributed by atoms with Crippen molar-refractivity contribution < 1.29 is 9.47 Å². The van der Waals surface area contributed by atoms with Crippen LogP contribution < -0.4 is 14.8 Å². The molecule has 1 N–H and O–H groups in total. The van der Waals surface area contributed by atoms with Crippen LogP contribution in [0.2, 0.25) is 0 Å². The van der Waals surface area contributed by atoms with Gasteiger partial charge in [-0.25, -0.2) is 0 Å². The first kappa shape index (κ1) is 14.0. The van der Waals surface area contributed by atoms with Crippen molar-refractivity contribution in [2.75, 3.05) is 13.2 Å². The lowest BCUT2D eigenvalue weighted by Crippen LogP contribution is -2.18. The van der Waals surface area contributed by atoms with Gasteiger partial charge in [0.1, 0.15) is 0 Å². The van der Waals surface area contributed by atoms with E-state index in [1.54, 1.807) is 0 Å². The van der Waals surface area contributed by atoms with Gasteiger partial charge >= 0.3 is 0 Å². The summed E-state index contributed by atoms with van der Waals surface area (Å²) in [6.07, 6.45) is 0.933. The fourth-order valence-corrected chi connectivity index (χ4v) is 2.52. The first-order valence-electron chi connectivity index (χ1n) is 7.50. The van der Waals surface area contributed by atoms with Gasteiger partial charge in [0.25, 0.3) is 0 Å². The molecule has 0 fully saturated rings. The molecule has 0 aromatic heterocycles. The van der Waals surface area contributed by atoms with Crippen LogP contribution in [0.1, 0.15) is 30.5 Å². The van der Waals surface area contributed by atoms with Crippen molar-refractivity contribution in [3.05, 3.63) is 59.7 Å². The largest absolute Gasteiger partial charge is 0.490 e. The number of fused-ring (bicyclic) bond motifs is 1. The lowest BCUT2D eigenvalue weighted by atomic mass is 10.1. The summed E-state index contributed by atoms with van der Waals surface area (Å²) in [6.45, 7) is 4.39. The molecule has 1 atom stereocenters.